The van der Waals surface area contributed by atoms with Crippen molar-refractivity contribution in [3.63, 3.8) is 0 Å². The van der Waals surface area contributed by atoms with E-state index in [2.05, 4.69) is 68.4 Å². The molecular formula is C18H22Ca. The molecule has 2 aromatic carbocycles. The van der Waals surface area contributed by atoms with E-state index in [1.54, 1.807) is 7.22 Å². The standard InChI is InChI=1S/C11H15.C7H7.Ca/c1-2-3-5-8-11-9-6-4-7-10-11;1-7-5-3-2-4-6-7;/h4,6-10H,2-3,5H2,1H3;3-6H,1H3;. The summed E-state index contributed by atoms with van der Waals surface area (Å²) in [4.78, 5) is 0. The van der Waals surface area contributed by atoms with Gasteiger partial charge in [0.2, 0.25) is 0 Å². The van der Waals surface area contributed by atoms with Gasteiger partial charge < -0.3 is 0 Å². The minimum atomic E-state index is -0.718. The zero-order chi connectivity index (χ0) is 13.5. The third-order valence-corrected chi connectivity index (χ3v) is 7.40. The Morgan fingerprint density at radius 3 is 2.26 bits per heavy atom. The fourth-order valence-electron chi connectivity index (χ4n) is 2.57. The van der Waals surface area contributed by atoms with Gasteiger partial charge in [0.1, 0.15) is 0 Å². The van der Waals surface area contributed by atoms with Gasteiger partial charge in [-0.3, -0.25) is 0 Å². The average molecular weight is 278 g/mol. The van der Waals surface area contributed by atoms with Crippen LogP contribution in [0, 0.1) is 6.92 Å². The summed E-state index contributed by atoms with van der Waals surface area (Å²) in [5.41, 5.74) is 2.94. The van der Waals surface area contributed by atoms with E-state index < -0.39 is 33.8 Å². The Bertz CT molecular complexity index is 473. The van der Waals surface area contributed by atoms with Crippen molar-refractivity contribution in [2.75, 3.05) is 0 Å². The van der Waals surface area contributed by atoms with Crippen LogP contribution in [0.25, 0.3) is 0 Å². The normalized spacial score (nSPS) is 11.9. The molecule has 0 aliphatic rings. The minimum absolute atomic E-state index is 0.718. The molecule has 1 unspecified atom stereocenters. The Labute approximate surface area is 135 Å². The van der Waals surface area contributed by atoms with Gasteiger partial charge in [-0.15, -0.1) is 0 Å². The Hall–Kier alpha value is -0.300. The molecule has 2 rings (SSSR count). The van der Waals surface area contributed by atoms with Crippen LogP contribution in [0.2, 0.25) is 0 Å². The first kappa shape index (κ1) is 15.1. The summed E-state index contributed by atoms with van der Waals surface area (Å²) in [6.45, 7) is 4.46. The number of unbranched alkanes of at least 4 members (excludes halogenated alkanes) is 1. The van der Waals surface area contributed by atoms with E-state index in [0.29, 0.717) is 0 Å². The van der Waals surface area contributed by atoms with E-state index in [4.69, 9.17) is 0 Å². The summed E-state index contributed by atoms with van der Waals surface area (Å²) in [6, 6.07) is 20.4. The second-order valence-electron chi connectivity index (χ2n) is 5.44. The van der Waals surface area contributed by atoms with E-state index in [0.717, 1.165) is 2.01 Å². The first-order chi connectivity index (χ1) is 9.29. The number of hydrogen-bond acceptors (Lipinski definition) is 0. The van der Waals surface area contributed by atoms with Crippen molar-refractivity contribution < 1.29 is 0 Å². The summed E-state index contributed by atoms with van der Waals surface area (Å²) in [5, 5.41) is 0. The monoisotopic (exact) mass is 278 g/mol. The van der Waals surface area contributed by atoms with Crippen molar-refractivity contribution in [2.24, 2.45) is 0 Å². The van der Waals surface area contributed by atoms with Crippen LogP contribution in [-0.2, 0) is 0 Å². The van der Waals surface area contributed by atoms with Gasteiger partial charge >= 0.3 is 136 Å². The molecule has 0 aliphatic carbocycles. The van der Waals surface area contributed by atoms with Crippen molar-refractivity contribution in [2.45, 2.75) is 35.1 Å². The first-order valence-electron chi connectivity index (χ1n) is 7.40. The maximum absolute atomic E-state index is 2.36. The molecule has 0 aliphatic heterocycles. The van der Waals surface area contributed by atoms with Crippen molar-refractivity contribution in [1.29, 1.82) is 0 Å². The van der Waals surface area contributed by atoms with Gasteiger partial charge in [0.15, 0.2) is 0 Å². The van der Waals surface area contributed by atoms with Crippen molar-refractivity contribution in [3.8, 4) is 0 Å². The molecule has 0 saturated heterocycles. The van der Waals surface area contributed by atoms with Crippen LogP contribution < -0.4 is 1.66 Å². The van der Waals surface area contributed by atoms with Crippen LogP contribution >= 0.6 is 0 Å². The quantitative estimate of drug-likeness (QED) is 0.693. The molecule has 1 atom stereocenters. The van der Waals surface area contributed by atoms with Gasteiger partial charge in [0.05, 0.1) is 0 Å². The summed E-state index contributed by atoms with van der Waals surface area (Å²) >= 11 is -0.718. The number of benzene rings is 2. The molecule has 0 N–H and O–H groups in total. The van der Waals surface area contributed by atoms with E-state index in [1.807, 2.05) is 0 Å². The SMILES string of the molecule is CCCC[CH]([Ca][c]1ccc(C)cc1)c1ccccc1. The van der Waals surface area contributed by atoms with Crippen LogP contribution in [0.4, 0.5) is 0 Å². The number of aryl methyl sites for hydroxylation is 1. The Morgan fingerprint density at radius 2 is 1.63 bits per heavy atom. The second kappa shape index (κ2) is 8.09. The van der Waals surface area contributed by atoms with E-state index >= 15 is 0 Å². The third-order valence-electron chi connectivity index (χ3n) is 3.78. The topological polar surface area (TPSA) is 0 Å². The molecule has 0 spiro atoms. The number of hydrogen-bond donors (Lipinski definition) is 0. The summed E-state index contributed by atoms with van der Waals surface area (Å²) < 4.78 is 2.49. The van der Waals surface area contributed by atoms with E-state index in [9.17, 15) is 0 Å². The van der Waals surface area contributed by atoms with Gasteiger partial charge in [-0.05, 0) is 0 Å². The van der Waals surface area contributed by atoms with Crippen molar-refractivity contribution in [1.82, 2.24) is 0 Å². The Kier molecular flexibility index (Phi) is 6.43. The molecule has 0 bridgehead atoms. The van der Waals surface area contributed by atoms with E-state index in [-0.39, 0.29) is 0 Å². The van der Waals surface area contributed by atoms with Crippen LogP contribution in [-0.4, -0.2) is 33.8 Å². The van der Waals surface area contributed by atoms with Crippen LogP contribution in [0.15, 0.2) is 54.6 Å². The summed E-state index contributed by atoms with van der Waals surface area (Å²) in [7, 11) is 0. The fourth-order valence-corrected chi connectivity index (χ4v) is 5.82. The van der Waals surface area contributed by atoms with E-state index in [1.165, 1.54) is 24.8 Å². The van der Waals surface area contributed by atoms with Gasteiger partial charge in [0.25, 0.3) is 0 Å². The molecule has 1 heteroatoms. The molecule has 0 nitrogen and oxygen atoms in total. The molecule has 0 radical (unpaired) electrons. The van der Waals surface area contributed by atoms with Gasteiger partial charge in [-0.2, -0.15) is 0 Å². The van der Waals surface area contributed by atoms with Crippen molar-refractivity contribution in [3.05, 3.63) is 65.7 Å². The summed E-state index contributed by atoms with van der Waals surface area (Å²) in [6.07, 6.45) is 4.03. The molecule has 0 aromatic heterocycles. The predicted octanol–water partition coefficient (Wildman–Crippen LogP) is 4.26. The zero-order valence-corrected chi connectivity index (χ0v) is 14.3. The van der Waals surface area contributed by atoms with Crippen LogP contribution in [0.1, 0.15) is 39.3 Å². The molecule has 0 fully saturated rings. The summed E-state index contributed by atoms with van der Waals surface area (Å²) in [5.74, 6) is 0. The molecule has 0 heterocycles. The second-order valence-corrected chi connectivity index (χ2v) is 8.89. The third kappa shape index (κ3) is 4.95. The molecular weight excluding hydrogens is 256 g/mol. The fraction of sp³-hybridized carbons (Fsp3) is 0.333. The zero-order valence-electron chi connectivity index (χ0n) is 12.1. The van der Waals surface area contributed by atoms with Crippen LogP contribution in [0.3, 0.4) is 0 Å². The predicted molar refractivity (Wildman–Crippen MR) is 85.3 cm³/mol. The maximum atomic E-state index is 2.36. The molecule has 96 valence electrons. The van der Waals surface area contributed by atoms with Gasteiger partial charge in [-0.1, -0.05) is 0 Å². The Morgan fingerprint density at radius 1 is 0.947 bits per heavy atom. The average Bonchev–Trinajstić information content (AvgIpc) is 2.46. The van der Waals surface area contributed by atoms with Crippen LogP contribution in [0.5, 0.6) is 0 Å². The molecule has 2 aromatic rings. The van der Waals surface area contributed by atoms with Crippen molar-refractivity contribution >= 4 is 35.5 Å². The molecule has 19 heavy (non-hydrogen) atoms. The molecule has 0 amide bonds. The molecule has 0 saturated carbocycles. The van der Waals surface area contributed by atoms with Gasteiger partial charge in [-0.25, -0.2) is 0 Å². The number of rotatable bonds is 6. The van der Waals surface area contributed by atoms with Gasteiger partial charge in [0, 0.05) is 0 Å². The first-order valence-corrected chi connectivity index (χ1v) is 9.78. The Balaban J connectivity index is 2.11.